The molecule has 1 rings (SSSR count). The van der Waals surface area contributed by atoms with Gasteiger partial charge in [-0.3, -0.25) is 14.5 Å². The van der Waals surface area contributed by atoms with Crippen molar-refractivity contribution >= 4 is 29.3 Å². The van der Waals surface area contributed by atoms with E-state index < -0.39 is 0 Å². The van der Waals surface area contributed by atoms with Crippen molar-refractivity contribution in [3.05, 3.63) is 11.4 Å². The van der Waals surface area contributed by atoms with Gasteiger partial charge >= 0.3 is 6.17 Å². The van der Waals surface area contributed by atoms with Crippen LogP contribution in [0.5, 0.6) is 0 Å². The van der Waals surface area contributed by atoms with Crippen LogP contribution in [0.2, 0.25) is 0 Å². The summed E-state index contributed by atoms with van der Waals surface area (Å²) in [4.78, 5) is 15.9. The molecule has 1 saturated heterocycles. The molecule has 3 nitrogen and oxygen atoms in total. The third kappa shape index (κ3) is 1.79. The highest BCUT2D eigenvalue weighted by Crippen LogP contribution is 2.21. The number of hydrogen-bond donors (Lipinski definition) is 0. The van der Waals surface area contributed by atoms with E-state index in [1.165, 1.54) is 4.90 Å². The van der Waals surface area contributed by atoms with E-state index in [1.807, 2.05) is 0 Å². The van der Waals surface area contributed by atoms with E-state index in [2.05, 4.69) is 4.85 Å². The summed E-state index contributed by atoms with van der Waals surface area (Å²) in [6.07, 6.45) is -0.286. The van der Waals surface area contributed by atoms with Crippen LogP contribution in [0, 0.1) is 6.57 Å². The number of halogens is 1. The Morgan fingerprint density at radius 2 is 2.64 bits per heavy atom. The summed E-state index contributed by atoms with van der Waals surface area (Å²) in [7, 11) is 0. The van der Waals surface area contributed by atoms with E-state index in [4.69, 9.17) is 18.2 Å². The van der Waals surface area contributed by atoms with E-state index in [0.29, 0.717) is 11.6 Å². The lowest BCUT2D eigenvalue weighted by Gasteiger charge is -2.12. The molecule has 1 heterocycles. The largest absolute Gasteiger partial charge is 0.310 e. The molecular weight excluding hydrogens is 184 g/mol. The first kappa shape index (κ1) is 8.69. The molecule has 0 aliphatic carbocycles. The third-order valence-electron chi connectivity index (χ3n) is 1.44. The van der Waals surface area contributed by atoms with Crippen LogP contribution in [-0.4, -0.2) is 34.5 Å². The molecule has 1 amide bonds. The Labute approximate surface area is 74.5 Å². The predicted octanol–water partition coefficient (Wildman–Crippen LogP) is 1.00. The number of thioether (sulfide) groups is 1. The standard InChI is InChI=1S/C6H7ClN2OS/c1-8-5-3-11-4-9(5)6(10)2-7/h5H,2-4H2/t5-/m0/s1. The molecule has 1 aliphatic rings. The molecule has 5 heteroatoms. The van der Waals surface area contributed by atoms with E-state index in [1.54, 1.807) is 11.8 Å². The topological polar surface area (TPSA) is 24.7 Å². The average molecular weight is 191 g/mol. The molecule has 1 aliphatic heterocycles. The molecular formula is C6H7ClN2OS. The number of carbonyl (C=O) groups is 1. The number of rotatable bonds is 1. The lowest BCUT2D eigenvalue weighted by atomic mass is 10.5. The molecule has 0 aromatic heterocycles. The molecule has 0 radical (unpaired) electrons. The van der Waals surface area contributed by atoms with Gasteiger partial charge in [0.15, 0.2) is 0 Å². The van der Waals surface area contributed by atoms with Crippen LogP contribution in [0.25, 0.3) is 4.85 Å². The molecule has 0 bridgehead atoms. The summed E-state index contributed by atoms with van der Waals surface area (Å²) >= 11 is 6.94. The zero-order valence-electron chi connectivity index (χ0n) is 5.79. The maximum Gasteiger partial charge on any atom is 0.310 e. The molecule has 1 fully saturated rings. The fourth-order valence-corrected chi connectivity index (χ4v) is 2.09. The van der Waals surface area contributed by atoms with Crippen molar-refractivity contribution in [1.82, 2.24) is 4.90 Å². The smallest absolute Gasteiger partial charge is 0.289 e. The second kappa shape index (κ2) is 3.84. The highest BCUT2D eigenvalue weighted by Gasteiger charge is 2.32. The summed E-state index contributed by atoms with van der Waals surface area (Å²) in [6.45, 7) is 6.77. The Kier molecular flexibility index (Phi) is 3.03. The quantitative estimate of drug-likeness (QED) is 0.455. The Bertz CT molecular complexity index is 203. The monoisotopic (exact) mass is 190 g/mol. The summed E-state index contributed by atoms with van der Waals surface area (Å²) in [6, 6.07) is 0. The van der Waals surface area contributed by atoms with E-state index in [-0.39, 0.29) is 18.0 Å². The van der Waals surface area contributed by atoms with Crippen molar-refractivity contribution in [3.63, 3.8) is 0 Å². The number of nitrogens with zero attached hydrogens (tertiary/aromatic N) is 2. The van der Waals surface area contributed by atoms with Crippen molar-refractivity contribution in [2.75, 3.05) is 17.5 Å². The van der Waals surface area contributed by atoms with E-state index in [0.717, 1.165) is 0 Å². The maximum absolute atomic E-state index is 11.0. The molecule has 60 valence electrons. The normalized spacial score (nSPS) is 23.3. The number of alkyl halides is 1. The Hall–Kier alpha value is -0.400. The lowest BCUT2D eigenvalue weighted by molar-refractivity contribution is -0.128. The van der Waals surface area contributed by atoms with Crippen LogP contribution in [0.3, 0.4) is 0 Å². The number of carbonyl (C=O) groups excluding carboxylic acids is 1. The van der Waals surface area contributed by atoms with Gasteiger partial charge in [0.05, 0.1) is 11.6 Å². The van der Waals surface area contributed by atoms with Gasteiger partial charge in [-0.05, 0) is 0 Å². The fraction of sp³-hybridized carbons (Fsp3) is 0.667. The summed E-state index contributed by atoms with van der Waals surface area (Å²) in [5.41, 5.74) is 0. The number of hydrogen-bond acceptors (Lipinski definition) is 2. The molecule has 0 unspecified atom stereocenters. The minimum absolute atomic E-state index is 0.0212. The molecule has 0 saturated carbocycles. The number of amides is 1. The van der Waals surface area contributed by atoms with Crippen LogP contribution >= 0.6 is 23.4 Å². The Morgan fingerprint density at radius 3 is 3.18 bits per heavy atom. The molecule has 11 heavy (non-hydrogen) atoms. The van der Waals surface area contributed by atoms with Gasteiger partial charge in [-0.2, -0.15) is 0 Å². The summed E-state index contributed by atoms with van der Waals surface area (Å²) < 4.78 is 0. The van der Waals surface area contributed by atoms with Gasteiger partial charge in [0, 0.05) is 0 Å². The summed E-state index contributed by atoms with van der Waals surface area (Å²) in [5, 5.41) is 0. The summed E-state index contributed by atoms with van der Waals surface area (Å²) in [5.74, 6) is 1.16. The molecule has 0 N–H and O–H groups in total. The van der Waals surface area contributed by atoms with Crippen LogP contribution in [0.15, 0.2) is 0 Å². The third-order valence-corrected chi connectivity index (χ3v) is 2.66. The van der Waals surface area contributed by atoms with Crippen LogP contribution < -0.4 is 0 Å². The van der Waals surface area contributed by atoms with Crippen LogP contribution in [-0.2, 0) is 4.79 Å². The second-order valence-electron chi connectivity index (χ2n) is 2.11. The van der Waals surface area contributed by atoms with Gasteiger partial charge in [0.25, 0.3) is 0 Å². The van der Waals surface area contributed by atoms with Crippen molar-refractivity contribution in [3.8, 4) is 0 Å². The van der Waals surface area contributed by atoms with Crippen LogP contribution in [0.4, 0.5) is 0 Å². The zero-order chi connectivity index (χ0) is 8.27. The van der Waals surface area contributed by atoms with Gasteiger partial charge < -0.3 is 0 Å². The van der Waals surface area contributed by atoms with Gasteiger partial charge in [-0.25, -0.2) is 6.57 Å². The average Bonchev–Trinajstić information content (AvgIpc) is 2.50. The minimum atomic E-state index is -0.286. The van der Waals surface area contributed by atoms with E-state index >= 15 is 0 Å². The second-order valence-corrected chi connectivity index (χ2v) is 3.37. The first-order chi connectivity index (χ1) is 5.29. The first-order valence-corrected chi connectivity index (χ1v) is 4.78. The Balaban J connectivity index is 2.58. The molecule has 0 aromatic rings. The Morgan fingerprint density at radius 1 is 1.91 bits per heavy atom. The van der Waals surface area contributed by atoms with Crippen LogP contribution in [0.1, 0.15) is 0 Å². The SMILES string of the molecule is [C-]#[N+][C@@H]1CSCN1C(=O)CCl. The molecule has 0 aromatic carbocycles. The fourth-order valence-electron chi connectivity index (χ4n) is 0.854. The van der Waals surface area contributed by atoms with Gasteiger partial charge in [-0.1, -0.05) is 0 Å². The van der Waals surface area contributed by atoms with Crippen molar-refractivity contribution in [2.24, 2.45) is 0 Å². The van der Waals surface area contributed by atoms with Gasteiger partial charge in [0.2, 0.25) is 5.91 Å². The van der Waals surface area contributed by atoms with Gasteiger partial charge in [0.1, 0.15) is 5.88 Å². The van der Waals surface area contributed by atoms with Crippen molar-refractivity contribution < 1.29 is 4.79 Å². The van der Waals surface area contributed by atoms with Crippen molar-refractivity contribution in [2.45, 2.75) is 6.17 Å². The zero-order valence-corrected chi connectivity index (χ0v) is 7.36. The lowest BCUT2D eigenvalue weighted by Crippen LogP contribution is -2.35. The minimum Gasteiger partial charge on any atom is -0.289 e. The highest BCUT2D eigenvalue weighted by molar-refractivity contribution is 7.99. The molecule has 0 spiro atoms. The van der Waals surface area contributed by atoms with Crippen molar-refractivity contribution in [1.29, 1.82) is 0 Å². The highest BCUT2D eigenvalue weighted by atomic mass is 35.5. The predicted molar refractivity (Wildman–Crippen MR) is 45.3 cm³/mol. The molecule has 1 atom stereocenters. The van der Waals surface area contributed by atoms with Gasteiger partial charge in [-0.15, -0.1) is 23.4 Å². The first-order valence-electron chi connectivity index (χ1n) is 3.09. The maximum atomic E-state index is 11.0. The van der Waals surface area contributed by atoms with E-state index in [9.17, 15) is 4.79 Å².